The highest BCUT2D eigenvalue weighted by atomic mass is 19.4. The minimum Gasteiger partial charge on any atom is -0.496 e. The molecule has 2 rings (SSSR count). The van der Waals surface area contributed by atoms with Gasteiger partial charge in [-0.1, -0.05) is 18.2 Å². The largest absolute Gasteiger partial charge is 0.573 e. The van der Waals surface area contributed by atoms with Crippen molar-refractivity contribution in [3.63, 3.8) is 0 Å². The molecule has 0 aliphatic rings. The Morgan fingerprint density at radius 1 is 1.00 bits per heavy atom. The number of alkyl halides is 3. The van der Waals surface area contributed by atoms with Gasteiger partial charge in [0.1, 0.15) is 17.2 Å². The predicted octanol–water partition coefficient (Wildman–Crippen LogP) is 3.43. The van der Waals surface area contributed by atoms with Crippen molar-refractivity contribution in [2.24, 2.45) is 0 Å². The van der Waals surface area contributed by atoms with Crippen LogP contribution >= 0.6 is 0 Å². The van der Waals surface area contributed by atoms with E-state index in [1.54, 1.807) is 18.2 Å². The Bertz CT molecular complexity index is 682. The van der Waals surface area contributed by atoms with Crippen LogP contribution in [0.1, 0.15) is 17.2 Å². The van der Waals surface area contributed by atoms with Gasteiger partial charge in [0, 0.05) is 6.54 Å². The molecule has 0 bridgehead atoms. The molecule has 2 N–H and O–H groups in total. The second kappa shape index (κ2) is 8.77. The Hall–Kier alpha value is -2.45. The van der Waals surface area contributed by atoms with Crippen LogP contribution in [0.5, 0.6) is 17.2 Å². The second-order valence-electron chi connectivity index (χ2n) is 5.38. The van der Waals surface area contributed by atoms with Crippen LogP contribution in [-0.4, -0.2) is 32.3 Å². The average Bonchev–Trinajstić information content (AvgIpc) is 2.62. The molecule has 1 unspecified atom stereocenters. The van der Waals surface area contributed by atoms with Gasteiger partial charge >= 0.3 is 6.36 Å². The molecule has 0 aromatic heterocycles. The molecule has 0 saturated heterocycles. The minimum absolute atomic E-state index is 0.216. The molecule has 0 fully saturated rings. The van der Waals surface area contributed by atoms with Crippen molar-refractivity contribution < 1.29 is 32.5 Å². The Morgan fingerprint density at radius 2 is 1.58 bits per heavy atom. The molecular weight excluding hydrogens is 351 g/mol. The highest BCUT2D eigenvalue weighted by molar-refractivity contribution is 5.47. The summed E-state index contributed by atoms with van der Waals surface area (Å²) in [6.07, 6.45) is -4.72. The molecule has 2 aromatic carbocycles. The molecule has 1 atom stereocenters. The number of benzene rings is 2. The molecule has 5 nitrogen and oxygen atoms in total. The fourth-order valence-electron chi connectivity index (χ4n) is 2.53. The molecule has 0 radical (unpaired) electrons. The van der Waals surface area contributed by atoms with E-state index in [0.717, 1.165) is 5.56 Å². The van der Waals surface area contributed by atoms with Crippen LogP contribution in [0.4, 0.5) is 13.2 Å². The summed E-state index contributed by atoms with van der Waals surface area (Å²) in [4.78, 5) is 0. The second-order valence-corrected chi connectivity index (χ2v) is 5.38. The molecule has 142 valence electrons. The van der Waals surface area contributed by atoms with Crippen LogP contribution in [0.25, 0.3) is 0 Å². The van der Waals surface area contributed by atoms with Gasteiger partial charge in [-0.05, 0) is 29.8 Å². The maximum Gasteiger partial charge on any atom is 0.573 e. The van der Waals surface area contributed by atoms with Crippen molar-refractivity contribution in [1.82, 2.24) is 5.32 Å². The fraction of sp³-hybridized carbons (Fsp3) is 0.333. The lowest BCUT2D eigenvalue weighted by Gasteiger charge is -2.22. The van der Waals surface area contributed by atoms with Gasteiger partial charge in [-0.2, -0.15) is 0 Å². The number of ether oxygens (including phenoxy) is 3. The molecule has 2 aromatic rings. The van der Waals surface area contributed by atoms with Crippen molar-refractivity contribution in [1.29, 1.82) is 0 Å². The van der Waals surface area contributed by atoms with Gasteiger partial charge in [0.15, 0.2) is 0 Å². The van der Waals surface area contributed by atoms with Crippen molar-refractivity contribution in [3.8, 4) is 17.2 Å². The maximum absolute atomic E-state index is 12.2. The van der Waals surface area contributed by atoms with Crippen LogP contribution in [0.15, 0.2) is 42.5 Å². The predicted molar refractivity (Wildman–Crippen MR) is 89.3 cm³/mol. The Balaban J connectivity index is 2.10. The van der Waals surface area contributed by atoms with Crippen molar-refractivity contribution >= 4 is 0 Å². The fourth-order valence-corrected chi connectivity index (χ4v) is 2.53. The highest BCUT2D eigenvalue weighted by Gasteiger charge is 2.31. The van der Waals surface area contributed by atoms with E-state index in [4.69, 9.17) is 9.47 Å². The molecule has 0 aliphatic heterocycles. The van der Waals surface area contributed by atoms with E-state index >= 15 is 0 Å². The summed E-state index contributed by atoms with van der Waals surface area (Å²) < 4.78 is 51.1. The molecule has 26 heavy (non-hydrogen) atoms. The lowest BCUT2D eigenvalue weighted by molar-refractivity contribution is -0.274. The zero-order valence-corrected chi connectivity index (χ0v) is 14.3. The third-order valence-electron chi connectivity index (χ3n) is 3.71. The summed E-state index contributed by atoms with van der Waals surface area (Å²) in [6, 6.07) is 10.3. The Morgan fingerprint density at radius 3 is 2.04 bits per heavy atom. The first kappa shape index (κ1) is 19.9. The van der Waals surface area contributed by atoms with Crippen LogP contribution in [-0.2, 0) is 6.54 Å². The van der Waals surface area contributed by atoms with Crippen molar-refractivity contribution in [2.45, 2.75) is 18.9 Å². The number of rotatable bonds is 8. The van der Waals surface area contributed by atoms with Gasteiger partial charge in [-0.15, -0.1) is 13.2 Å². The van der Waals surface area contributed by atoms with Gasteiger partial charge in [-0.3, -0.25) is 0 Å². The van der Waals surface area contributed by atoms with Crippen LogP contribution in [0.3, 0.4) is 0 Å². The standard InChI is InChI=1S/C18H20F3NO4/c1-24-15-4-3-5-16(25-2)17(15)14(11-23)22-10-12-6-8-13(9-7-12)26-18(19,20)21/h3-9,14,22-23H,10-11H2,1-2H3. The number of methoxy groups -OCH3 is 2. The third-order valence-corrected chi connectivity index (χ3v) is 3.71. The topological polar surface area (TPSA) is 60.0 Å². The van der Waals surface area contributed by atoms with Gasteiger partial charge in [0.2, 0.25) is 0 Å². The van der Waals surface area contributed by atoms with E-state index in [0.29, 0.717) is 23.6 Å². The molecule has 0 amide bonds. The molecule has 0 spiro atoms. The number of aliphatic hydroxyl groups is 1. The Labute approximate surface area is 149 Å². The van der Waals surface area contributed by atoms with E-state index < -0.39 is 12.4 Å². The molecule has 0 saturated carbocycles. The molecule has 0 heterocycles. The van der Waals surface area contributed by atoms with E-state index in [1.807, 2.05) is 0 Å². The van der Waals surface area contributed by atoms with Crippen LogP contribution < -0.4 is 19.5 Å². The summed E-state index contributed by atoms with van der Waals surface area (Å²) in [6.45, 7) is 0.102. The van der Waals surface area contributed by atoms with Gasteiger partial charge in [0.05, 0.1) is 32.4 Å². The van der Waals surface area contributed by atoms with Crippen LogP contribution in [0, 0.1) is 0 Å². The zero-order valence-electron chi connectivity index (χ0n) is 14.3. The van der Waals surface area contributed by atoms with Crippen molar-refractivity contribution in [3.05, 3.63) is 53.6 Å². The molecule has 0 aliphatic carbocycles. The summed E-state index contributed by atoms with van der Waals surface area (Å²) >= 11 is 0. The normalized spacial score (nSPS) is 12.5. The number of halogens is 3. The quantitative estimate of drug-likeness (QED) is 0.745. The maximum atomic E-state index is 12.2. The summed E-state index contributed by atoms with van der Waals surface area (Å²) in [5.41, 5.74) is 1.39. The van der Waals surface area contributed by atoms with Gasteiger partial charge in [0.25, 0.3) is 0 Å². The number of nitrogens with one attached hydrogen (secondary N) is 1. The number of hydrogen-bond donors (Lipinski definition) is 2. The minimum atomic E-state index is -4.72. The Kier molecular flexibility index (Phi) is 6.70. The van der Waals surface area contributed by atoms with Crippen LogP contribution in [0.2, 0.25) is 0 Å². The van der Waals surface area contributed by atoms with E-state index in [-0.39, 0.29) is 12.4 Å². The van der Waals surface area contributed by atoms with Gasteiger partial charge in [-0.25, -0.2) is 0 Å². The smallest absolute Gasteiger partial charge is 0.496 e. The number of hydrogen-bond acceptors (Lipinski definition) is 5. The first-order valence-corrected chi connectivity index (χ1v) is 7.77. The van der Waals surface area contributed by atoms with E-state index in [1.165, 1.54) is 38.5 Å². The first-order valence-electron chi connectivity index (χ1n) is 7.77. The highest BCUT2D eigenvalue weighted by Crippen LogP contribution is 2.34. The third kappa shape index (κ3) is 5.27. The summed E-state index contributed by atoms with van der Waals surface area (Å²) in [7, 11) is 3.04. The summed E-state index contributed by atoms with van der Waals surface area (Å²) in [5, 5.41) is 12.9. The molecule has 8 heteroatoms. The zero-order chi connectivity index (χ0) is 19.2. The summed E-state index contributed by atoms with van der Waals surface area (Å²) in [5.74, 6) is 0.834. The monoisotopic (exact) mass is 371 g/mol. The lowest BCUT2D eigenvalue weighted by Crippen LogP contribution is -2.25. The van der Waals surface area contributed by atoms with Gasteiger partial charge < -0.3 is 24.6 Å². The molecular formula is C18H20F3NO4. The number of aliphatic hydroxyl groups excluding tert-OH is 1. The lowest BCUT2D eigenvalue weighted by atomic mass is 10.0. The van der Waals surface area contributed by atoms with Crippen molar-refractivity contribution in [2.75, 3.05) is 20.8 Å². The van der Waals surface area contributed by atoms with E-state index in [2.05, 4.69) is 10.1 Å². The first-order chi connectivity index (χ1) is 12.4. The van der Waals surface area contributed by atoms with E-state index in [9.17, 15) is 18.3 Å². The average molecular weight is 371 g/mol. The SMILES string of the molecule is COc1cccc(OC)c1C(CO)NCc1ccc(OC(F)(F)F)cc1.